The van der Waals surface area contributed by atoms with Crippen molar-refractivity contribution in [1.82, 2.24) is 5.32 Å². The van der Waals surface area contributed by atoms with Crippen LogP contribution in [0.2, 0.25) is 0 Å². The summed E-state index contributed by atoms with van der Waals surface area (Å²) in [6, 6.07) is 6.17. The third-order valence-electron chi connectivity index (χ3n) is 4.47. The Balaban J connectivity index is 1.76. The van der Waals surface area contributed by atoms with Crippen molar-refractivity contribution >= 4 is 10.8 Å². The molecule has 2 aliphatic rings. The van der Waals surface area contributed by atoms with Gasteiger partial charge in [-0.05, 0) is 37.4 Å². The van der Waals surface area contributed by atoms with Crippen molar-refractivity contribution in [1.29, 1.82) is 0 Å². The molecule has 0 bridgehead atoms. The quantitative estimate of drug-likeness (QED) is 0.927. The van der Waals surface area contributed by atoms with Crippen LogP contribution in [0, 0.1) is 5.92 Å². The highest BCUT2D eigenvalue weighted by atomic mass is 32.2. The molecule has 0 amide bonds. The second kappa shape index (κ2) is 6.36. The van der Waals surface area contributed by atoms with E-state index in [1.807, 2.05) is 18.2 Å². The molecule has 21 heavy (non-hydrogen) atoms. The largest absolute Gasteiger partial charge is 0.486 e. The zero-order valence-electron chi connectivity index (χ0n) is 12.6. The average molecular weight is 309 g/mol. The Morgan fingerprint density at radius 3 is 2.76 bits per heavy atom. The zero-order chi connectivity index (χ0) is 14.8. The molecule has 3 rings (SSSR count). The van der Waals surface area contributed by atoms with Gasteiger partial charge in [-0.3, -0.25) is 4.21 Å². The van der Waals surface area contributed by atoms with E-state index in [2.05, 4.69) is 19.2 Å². The van der Waals surface area contributed by atoms with Crippen LogP contribution in [0.5, 0.6) is 11.5 Å². The molecule has 0 saturated heterocycles. The molecule has 4 unspecified atom stereocenters. The van der Waals surface area contributed by atoms with E-state index in [1.54, 1.807) is 0 Å². The summed E-state index contributed by atoms with van der Waals surface area (Å²) in [6.07, 6.45) is 2.12. The molecule has 0 radical (unpaired) electrons. The van der Waals surface area contributed by atoms with E-state index in [4.69, 9.17) is 9.47 Å². The number of fused-ring (bicyclic) bond motifs is 1. The minimum absolute atomic E-state index is 0.219. The predicted octanol–water partition coefficient (Wildman–Crippen LogP) is 2.34. The van der Waals surface area contributed by atoms with Crippen LogP contribution in [0.1, 0.15) is 26.7 Å². The molecule has 1 saturated carbocycles. The van der Waals surface area contributed by atoms with Gasteiger partial charge in [0.25, 0.3) is 0 Å². The smallest absolute Gasteiger partial charge is 0.162 e. The minimum atomic E-state index is -0.987. The highest BCUT2D eigenvalue weighted by Crippen LogP contribution is 2.36. The first-order valence-corrected chi connectivity index (χ1v) is 8.95. The van der Waals surface area contributed by atoms with Gasteiger partial charge in [-0.15, -0.1) is 0 Å². The first kappa shape index (κ1) is 14.9. The van der Waals surface area contributed by atoms with Crippen LogP contribution in [-0.2, 0) is 10.8 Å². The van der Waals surface area contributed by atoms with Crippen molar-refractivity contribution in [2.24, 2.45) is 5.92 Å². The number of benzene rings is 1. The Bertz CT molecular complexity index is 534. The summed E-state index contributed by atoms with van der Waals surface area (Å²) >= 11 is 0. The summed E-state index contributed by atoms with van der Waals surface area (Å²) in [5, 5.41) is 3.72. The van der Waals surface area contributed by atoms with Crippen LogP contribution >= 0.6 is 0 Å². The van der Waals surface area contributed by atoms with Crippen LogP contribution in [0.25, 0.3) is 0 Å². The summed E-state index contributed by atoms with van der Waals surface area (Å²) in [4.78, 5) is 0.855. The van der Waals surface area contributed by atoms with E-state index in [1.165, 1.54) is 0 Å². The molecule has 1 fully saturated rings. The molecular weight excluding hydrogens is 286 g/mol. The predicted molar refractivity (Wildman–Crippen MR) is 83.5 cm³/mol. The van der Waals surface area contributed by atoms with E-state index in [0.717, 1.165) is 35.8 Å². The van der Waals surface area contributed by atoms with Gasteiger partial charge in [-0.25, -0.2) is 0 Å². The normalized spacial score (nSPS) is 29.3. The Hall–Kier alpha value is -1.07. The van der Waals surface area contributed by atoms with Crippen LogP contribution in [0.15, 0.2) is 23.1 Å². The summed E-state index contributed by atoms with van der Waals surface area (Å²) in [5.41, 5.74) is 0. The van der Waals surface area contributed by atoms with Gasteiger partial charge in [-0.1, -0.05) is 13.8 Å². The fourth-order valence-electron chi connectivity index (χ4n) is 3.30. The molecular formula is C16H23NO3S. The van der Waals surface area contributed by atoms with E-state index >= 15 is 0 Å². The Morgan fingerprint density at radius 1 is 1.24 bits per heavy atom. The second-order valence-corrected chi connectivity index (χ2v) is 7.41. The number of ether oxygens (including phenoxy) is 2. The lowest BCUT2D eigenvalue weighted by Gasteiger charge is -2.22. The first-order valence-electron chi connectivity index (χ1n) is 7.74. The van der Waals surface area contributed by atoms with Crippen molar-refractivity contribution < 1.29 is 13.7 Å². The number of hydrogen-bond acceptors (Lipinski definition) is 4. The number of hydrogen-bond donors (Lipinski definition) is 1. The van der Waals surface area contributed by atoms with Crippen molar-refractivity contribution in [2.75, 3.05) is 19.8 Å². The van der Waals surface area contributed by atoms with E-state index in [9.17, 15) is 4.21 Å². The van der Waals surface area contributed by atoms with Gasteiger partial charge in [0.15, 0.2) is 11.5 Å². The van der Waals surface area contributed by atoms with Crippen molar-refractivity contribution in [3.63, 3.8) is 0 Å². The van der Waals surface area contributed by atoms with Gasteiger partial charge < -0.3 is 14.8 Å². The summed E-state index contributed by atoms with van der Waals surface area (Å²) in [5.74, 6) is 1.91. The van der Waals surface area contributed by atoms with E-state index in [0.29, 0.717) is 25.2 Å². The average Bonchev–Trinajstić information content (AvgIpc) is 2.88. The lowest BCUT2D eigenvalue weighted by atomic mass is 10.1. The number of rotatable bonds is 4. The van der Waals surface area contributed by atoms with Crippen molar-refractivity contribution in [3.05, 3.63) is 18.2 Å². The highest BCUT2D eigenvalue weighted by molar-refractivity contribution is 7.85. The molecule has 1 aliphatic heterocycles. The second-order valence-electron chi connectivity index (χ2n) is 5.74. The lowest BCUT2D eigenvalue weighted by Crippen LogP contribution is -2.34. The molecule has 4 atom stereocenters. The topological polar surface area (TPSA) is 47.6 Å². The molecule has 116 valence electrons. The minimum Gasteiger partial charge on any atom is -0.486 e. The molecule has 5 heteroatoms. The fraction of sp³-hybridized carbons (Fsp3) is 0.625. The summed E-state index contributed by atoms with van der Waals surface area (Å²) in [7, 11) is -0.987. The highest BCUT2D eigenvalue weighted by Gasteiger charge is 2.36. The van der Waals surface area contributed by atoms with Gasteiger partial charge in [0.1, 0.15) is 13.2 Å². The third kappa shape index (κ3) is 2.94. The van der Waals surface area contributed by atoms with Gasteiger partial charge in [0.05, 0.1) is 10.8 Å². The third-order valence-corrected chi connectivity index (χ3v) is 6.40. The molecule has 1 heterocycles. The van der Waals surface area contributed by atoms with Crippen LogP contribution in [0.4, 0.5) is 0 Å². The van der Waals surface area contributed by atoms with Gasteiger partial charge in [-0.2, -0.15) is 0 Å². The van der Waals surface area contributed by atoms with Gasteiger partial charge in [0, 0.05) is 22.3 Å². The Morgan fingerprint density at radius 2 is 2.00 bits per heavy atom. The lowest BCUT2D eigenvalue weighted by molar-refractivity contribution is 0.171. The van der Waals surface area contributed by atoms with Gasteiger partial charge in [0.2, 0.25) is 0 Å². The molecule has 0 aromatic heterocycles. The van der Waals surface area contributed by atoms with E-state index in [-0.39, 0.29) is 5.25 Å². The van der Waals surface area contributed by atoms with E-state index < -0.39 is 10.8 Å². The molecule has 1 aliphatic carbocycles. The maximum absolute atomic E-state index is 12.9. The fourth-order valence-corrected chi connectivity index (χ4v) is 5.01. The van der Waals surface area contributed by atoms with Crippen molar-refractivity contribution in [2.45, 2.75) is 42.9 Å². The zero-order valence-corrected chi connectivity index (χ0v) is 13.4. The van der Waals surface area contributed by atoms with Crippen LogP contribution in [-0.4, -0.2) is 35.3 Å². The molecule has 1 N–H and O–H groups in total. The number of nitrogens with one attached hydrogen (secondary N) is 1. The molecule has 4 nitrogen and oxygen atoms in total. The summed E-state index contributed by atoms with van der Waals surface area (Å²) in [6.45, 7) is 6.45. The maximum Gasteiger partial charge on any atom is 0.162 e. The van der Waals surface area contributed by atoms with Gasteiger partial charge >= 0.3 is 0 Å². The van der Waals surface area contributed by atoms with Crippen molar-refractivity contribution in [3.8, 4) is 11.5 Å². The summed E-state index contributed by atoms with van der Waals surface area (Å²) < 4.78 is 24.0. The van der Waals surface area contributed by atoms with Crippen LogP contribution in [0.3, 0.4) is 0 Å². The molecule has 1 aromatic rings. The molecule has 1 aromatic carbocycles. The SMILES string of the molecule is CCNC1CCC(S(=O)c2ccc3c(c2)OCCO3)C1C. The Labute approximate surface area is 128 Å². The van der Waals surface area contributed by atoms with Crippen LogP contribution < -0.4 is 14.8 Å². The molecule has 0 spiro atoms. The monoisotopic (exact) mass is 309 g/mol. The standard InChI is InChI=1S/C16H23NO3S/c1-3-17-13-5-7-16(11(13)2)21(18)12-4-6-14-15(10-12)20-9-8-19-14/h4,6,10-11,13,16-17H,3,5,7-9H2,1-2H3. The Kier molecular flexibility index (Phi) is 4.50. The maximum atomic E-state index is 12.9. The first-order chi connectivity index (χ1) is 10.2.